The van der Waals surface area contributed by atoms with Crippen molar-refractivity contribution in [1.82, 2.24) is 4.98 Å². The molecular formula is C27H29ClF2N4O3. The Labute approximate surface area is 218 Å². The topological polar surface area (TPSA) is 79.3 Å². The molecule has 0 radical (unpaired) electrons. The van der Waals surface area contributed by atoms with Crippen LogP contribution in [0.5, 0.6) is 5.75 Å². The molecule has 2 aliphatic heterocycles. The molecule has 1 amide bonds. The van der Waals surface area contributed by atoms with Crippen LogP contribution in [0.4, 0.5) is 19.3 Å². The number of hydrogen-bond donors (Lipinski definition) is 1. The predicted octanol–water partition coefficient (Wildman–Crippen LogP) is 5.66. The number of carbonyl (C=O) groups excluding carboxylic acids is 1. The van der Waals surface area contributed by atoms with E-state index in [-0.39, 0.29) is 24.3 Å². The first-order valence-corrected chi connectivity index (χ1v) is 12.8. The van der Waals surface area contributed by atoms with Gasteiger partial charge in [-0.1, -0.05) is 11.6 Å². The molecule has 0 bridgehead atoms. The zero-order valence-corrected chi connectivity index (χ0v) is 21.7. The van der Waals surface area contributed by atoms with Crippen LogP contribution in [0.2, 0.25) is 0 Å². The number of rotatable bonds is 3. The molecule has 7 nitrogen and oxygen atoms in total. The maximum atomic E-state index is 13.5. The van der Waals surface area contributed by atoms with Crippen LogP contribution in [-0.4, -0.2) is 29.3 Å². The Bertz CT molecular complexity index is 1380. The minimum atomic E-state index is -0.659. The van der Waals surface area contributed by atoms with Crippen LogP contribution in [0.25, 0.3) is 11.8 Å². The Kier molecular flexibility index (Phi) is 6.83. The molecule has 3 aliphatic rings. The molecule has 1 saturated carbocycles. The lowest BCUT2D eigenvalue weighted by atomic mass is 9.84. The first-order chi connectivity index (χ1) is 17.6. The molecule has 3 heterocycles. The molecule has 0 saturated heterocycles. The molecule has 0 unspecified atom stereocenters. The predicted molar refractivity (Wildman–Crippen MR) is 137 cm³/mol. The Hall–Kier alpha value is -3.20. The summed E-state index contributed by atoms with van der Waals surface area (Å²) in [7, 11) is 0. The number of anilines is 1. The molecule has 0 atom stereocenters. The molecule has 5 rings (SSSR count). The van der Waals surface area contributed by atoms with Crippen molar-refractivity contribution in [3.05, 3.63) is 57.2 Å². The molecule has 1 fully saturated rings. The molecule has 196 valence electrons. The number of aromatic amines is 1. The van der Waals surface area contributed by atoms with Crippen molar-refractivity contribution in [2.24, 2.45) is 16.1 Å². The third-order valence-corrected chi connectivity index (χ3v) is 6.86. The molecule has 1 aromatic heterocycles. The Morgan fingerprint density at radius 1 is 1.14 bits per heavy atom. The van der Waals surface area contributed by atoms with Gasteiger partial charge in [-0.05, 0) is 58.6 Å². The highest BCUT2D eigenvalue weighted by atomic mass is 35.5. The van der Waals surface area contributed by atoms with E-state index < -0.39 is 23.3 Å². The fourth-order valence-electron chi connectivity index (χ4n) is 5.05. The highest BCUT2D eigenvalue weighted by molar-refractivity contribution is 6.34. The van der Waals surface area contributed by atoms with E-state index in [1.54, 1.807) is 17.1 Å². The lowest BCUT2D eigenvalue weighted by molar-refractivity contribution is 0.0584. The maximum Gasteiger partial charge on any atom is 0.415 e. The van der Waals surface area contributed by atoms with Gasteiger partial charge in [0, 0.05) is 41.3 Å². The molecule has 1 N–H and O–H groups in total. The van der Waals surface area contributed by atoms with Crippen LogP contribution in [0.1, 0.15) is 52.0 Å². The Morgan fingerprint density at radius 2 is 1.84 bits per heavy atom. The standard InChI is InChI=1S/C27H29ClF2N4O3/c1-27(2,3)37-26(35)34-9-8-16(28)10-22-25(34)21-14-31-33-23(24(21)32-22)15-4-6-19(7-5-15)36-20-12-17(29)11-18(30)13-20/h8,10-13,15,19,32H,4-7,9,14H2,1-3H3/t15-,19-. The van der Waals surface area contributed by atoms with Crippen molar-refractivity contribution in [3.8, 4) is 5.75 Å². The fourth-order valence-corrected chi connectivity index (χ4v) is 5.22. The summed E-state index contributed by atoms with van der Waals surface area (Å²) in [5.74, 6) is -1.000. The number of nitrogens with zero attached hydrogens (tertiary/aromatic N) is 3. The van der Waals surface area contributed by atoms with E-state index in [1.165, 1.54) is 12.1 Å². The number of halogens is 3. The second-order valence-corrected chi connectivity index (χ2v) is 11.0. The molecule has 2 aromatic rings. The molecule has 1 aromatic carbocycles. The largest absolute Gasteiger partial charge is 0.490 e. The van der Waals surface area contributed by atoms with Gasteiger partial charge in [-0.25, -0.2) is 13.6 Å². The van der Waals surface area contributed by atoms with E-state index in [1.807, 2.05) is 20.8 Å². The van der Waals surface area contributed by atoms with Crippen LogP contribution < -0.4 is 20.3 Å². The van der Waals surface area contributed by atoms with E-state index in [0.717, 1.165) is 35.5 Å². The van der Waals surface area contributed by atoms with Gasteiger partial charge in [0.15, 0.2) is 0 Å². The van der Waals surface area contributed by atoms with Crippen molar-refractivity contribution in [3.63, 3.8) is 0 Å². The number of ether oxygens (including phenoxy) is 2. The number of nitrogens with one attached hydrogen (secondary N) is 1. The third kappa shape index (κ3) is 5.56. The van der Waals surface area contributed by atoms with E-state index in [4.69, 9.17) is 21.1 Å². The normalized spacial score (nSPS) is 21.4. The minimum Gasteiger partial charge on any atom is -0.490 e. The smallest absolute Gasteiger partial charge is 0.415 e. The maximum absolute atomic E-state index is 13.5. The van der Waals surface area contributed by atoms with Crippen molar-refractivity contribution in [1.29, 1.82) is 0 Å². The van der Waals surface area contributed by atoms with Crippen LogP contribution in [0.15, 0.2) is 39.5 Å². The zero-order chi connectivity index (χ0) is 26.3. The highest BCUT2D eigenvalue weighted by Crippen LogP contribution is 2.35. The third-order valence-electron chi connectivity index (χ3n) is 6.60. The number of azo groups is 1. The minimum absolute atomic E-state index is 0.121. The number of aromatic nitrogens is 1. The lowest BCUT2D eigenvalue weighted by Gasteiger charge is -2.29. The summed E-state index contributed by atoms with van der Waals surface area (Å²) in [5.41, 5.74) is 1.78. The Morgan fingerprint density at radius 3 is 2.51 bits per heavy atom. The molecular weight excluding hydrogens is 502 g/mol. The number of carbonyl (C=O) groups is 1. The first-order valence-electron chi connectivity index (χ1n) is 12.4. The van der Waals surface area contributed by atoms with Crippen molar-refractivity contribution < 1.29 is 23.0 Å². The lowest BCUT2D eigenvalue weighted by Crippen LogP contribution is -2.39. The second kappa shape index (κ2) is 9.93. The van der Waals surface area contributed by atoms with Crippen LogP contribution in [0.3, 0.4) is 0 Å². The average Bonchev–Trinajstić information content (AvgIpc) is 3.06. The summed E-state index contributed by atoms with van der Waals surface area (Å²) in [6.07, 6.45) is 5.96. The SMILES string of the molecule is CC(C)(C)OC(=O)N1CC=C(Cl)C=c2[nH]c3c(c21)CN=NC=3[C@H]1CC[C@H](Oc2cc(F)cc(F)c2)CC1. The summed E-state index contributed by atoms with van der Waals surface area (Å²) in [5, 5.41) is 11.0. The van der Waals surface area contributed by atoms with Gasteiger partial charge < -0.3 is 14.5 Å². The van der Waals surface area contributed by atoms with E-state index in [9.17, 15) is 13.6 Å². The first kappa shape index (κ1) is 25.4. The average molecular weight is 531 g/mol. The molecule has 37 heavy (non-hydrogen) atoms. The van der Waals surface area contributed by atoms with Crippen molar-refractivity contribution in [2.75, 3.05) is 11.4 Å². The van der Waals surface area contributed by atoms with E-state index >= 15 is 0 Å². The molecule has 0 spiro atoms. The van der Waals surface area contributed by atoms with Gasteiger partial charge in [-0.15, -0.1) is 0 Å². The number of hydrogen-bond acceptors (Lipinski definition) is 5. The van der Waals surface area contributed by atoms with Gasteiger partial charge in [0.25, 0.3) is 0 Å². The van der Waals surface area contributed by atoms with Gasteiger partial charge in [0.1, 0.15) is 23.0 Å². The highest BCUT2D eigenvalue weighted by Gasteiger charge is 2.32. The number of benzene rings is 1. The van der Waals surface area contributed by atoms with Crippen LogP contribution in [0, 0.1) is 17.6 Å². The summed E-state index contributed by atoms with van der Waals surface area (Å²) in [6, 6.07) is 3.22. The second-order valence-electron chi connectivity index (χ2n) is 10.5. The van der Waals surface area contributed by atoms with Crippen molar-refractivity contribution >= 4 is 35.2 Å². The number of amides is 1. The van der Waals surface area contributed by atoms with Crippen LogP contribution >= 0.6 is 11.6 Å². The zero-order valence-electron chi connectivity index (χ0n) is 21.0. The van der Waals surface area contributed by atoms with E-state index in [0.29, 0.717) is 35.5 Å². The fraction of sp³-hybridized carbons (Fsp3) is 0.444. The summed E-state index contributed by atoms with van der Waals surface area (Å²) >= 11 is 6.39. The Balaban J connectivity index is 1.42. The van der Waals surface area contributed by atoms with Gasteiger partial charge in [0.2, 0.25) is 0 Å². The summed E-state index contributed by atoms with van der Waals surface area (Å²) in [4.78, 5) is 18.1. The van der Waals surface area contributed by atoms with Gasteiger partial charge >= 0.3 is 6.09 Å². The molecule has 10 heteroatoms. The quantitative estimate of drug-likeness (QED) is 0.556. The summed E-state index contributed by atoms with van der Waals surface area (Å²) < 4.78 is 38.6. The van der Waals surface area contributed by atoms with Crippen LogP contribution in [-0.2, 0) is 11.3 Å². The van der Waals surface area contributed by atoms with Crippen molar-refractivity contribution in [2.45, 2.75) is 64.7 Å². The van der Waals surface area contributed by atoms with E-state index in [2.05, 4.69) is 15.2 Å². The monoisotopic (exact) mass is 530 g/mol. The number of H-pyrrole nitrogens is 1. The van der Waals surface area contributed by atoms with Gasteiger partial charge in [-0.3, -0.25) is 4.90 Å². The molecule has 1 aliphatic carbocycles. The van der Waals surface area contributed by atoms with Gasteiger partial charge in [-0.2, -0.15) is 10.2 Å². The van der Waals surface area contributed by atoms with Gasteiger partial charge in [0.05, 0.1) is 34.7 Å². The number of fused-ring (bicyclic) bond motifs is 3. The summed E-state index contributed by atoms with van der Waals surface area (Å²) in [6.45, 7) is 6.10. The number of allylic oxidation sites excluding steroid dienone is 1.